The number of rotatable bonds is 2. The third kappa shape index (κ3) is 2.04. The van der Waals surface area contributed by atoms with Crippen molar-refractivity contribution in [3.05, 3.63) is 5.28 Å². The molecule has 0 atom stereocenters. The van der Waals surface area contributed by atoms with Gasteiger partial charge in [-0.3, -0.25) is 0 Å². The van der Waals surface area contributed by atoms with Crippen LogP contribution in [0.5, 0.6) is 6.01 Å². The summed E-state index contributed by atoms with van der Waals surface area (Å²) < 4.78 is 4.99. The highest BCUT2D eigenvalue weighted by molar-refractivity contribution is 6.28. The van der Waals surface area contributed by atoms with Gasteiger partial charge in [-0.1, -0.05) is 0 Å². The van der Waals surface area contributed by atoms with Crippen LogP contribution in [0.25, 0.3) is 0 Å². The molecule has 1 saturated heterocycles. The molecule has 2 heterocycles. The molecule has 0 aliphatic carbocycles. The molecule has 5 nitrogen and oxygen atoms in total. The van der Waals surface area contributed by atoms with E-state index in [1.165, 1.54) is 7.11 Å². The largest absolute Gasteiger partial charge is 0.467 e. The molecule has 0 N–H and O–H groups in total. The number of methoxy groups -OCH3 is 1. The molecule has 0 unspecified atom stereocenters. The summed E-state index contributed by atoms with van der Waals surface area (Å²) in [5, 5.41) is 0.171. The Bertz CT molecular complexity index is 396. The van der Waals surface area contributed by atoms with E-state index < -0.39 is 0 Å². The minimum Gasteiger partial charge on any atom is -0.467 e. The second-order valence-electron chi connectivity index (χ2n) is 4.46. The van der Waals surface area contributed by atoms with Crippen LogP contribution in [-0.4, -0.2) is 34.1 Å². The summed E-state index contributed by atoms with van der Waals surface area (Å²) in [7, 11) is 1.52. The van der Waals surface area contributed by atoms with Crippen LogP contribution in [0.15, 0.2) is 0 Å². The zero-order chi connectivity index (χ0) is 11.8. The van der Waals surface area contributed by atoms with E-state index >= 15 is 0 Å². The van der Waals surface area contributed by atoms with E-state index in [0.29, 0.717) is 5.95 Å². The second-order valence-corrected chi connectivity index (χ2v) is 4.80. The molecular formula is C10H15ClN4O. The second kappa shape index (κ2) is 4.05. The first kappa shape index (κ1) is 11.4. The van der Waals surface area contributed by atoms with Crippen LogP contribution in [0.4, 0.5) is 5.95 Å². The Morgan fingerprint density at radius 1 is 1.31 bits per heavy atom. The topological polar surface area (TPSA) is 51.1 Å². The Morgan fingerprint density at radius 2 is 2.06 bits per heavy atom. The monoisotopic (exact) mass is 242 g/mol. The normalized spacial score (nSPS) is 18.9. The summed E-state index contributed by atoms with van der Waals surface area (Å²) in [6.07, 6.45) is 2.26. The maximum atomic E-state index is 5.83. The summed E-state index contributed by atoms with van der Waals surface area (Å²) in [6, 6.07) is 0.262. The van der Waals surface area contributed by atoms with Crippen LogP contribution in [-0.2, 0) is 0 Å². The Morgan fingerprint density at radius 3 is 2.62 bits per heavy atom. The van der Waals surface area contributed by atoms with Crippen molar-refractivity contribution in [3.63, 3.8) is 0 Å². The van der Waals surface area contributed by atoms with Gasteiger partial charge in [-0.25, -0.2) is 0 Å². The lowest BCUT2D eigenvalue weighted by atomic mass is 10.0. The molecular weight excluding hydrogens is 228 g/mol. The standard InChI is InChI=1S/C10H15ClN4O/c1-10(2)5-4-6-15(10)8-12-7(11)13-9(14-8)16-3/h4-6H2,1-3H3. The molecule has 0 aromatic carbocycles. The first-order valence-electron chi connectivity index (χ1n) is 5.26. The van der Waals surface area contributed by atoms with Gasteiger partial charge in [0.2, 0.25) is 11.2 Å². The van der Waals surface area contributed by atoms with E-state index in [4.69, 9.17) is 16.3 Å². The van der Waals surface area contributed by atoms with Crippen molar-refractivity contribution in [2.75, 3.05) is 18.6 Å². The molecule has 16 heavy (non-hydrogen) atoms. The van der Waals surface area contributed by atoms with Gasteiger partial charge in [0.05, 0.1) is 7.11 Å². The summed E-state index contributed by atoms with van der Waals surface area (Å²) in [5.74, 6) is 0.597. The van der Waals surface area contributed by atoms with Crippen molar-refractivity contribution in [1.82, 2.24) is 15.0 Å². The quantitative estimate of drug-likeness (QED) is 0.793. The Kier molecular flexibility index (Phi) is 2.88. The van der Waals surface area contributed by atoms with Gasteiger partial charge in [-0.05, 0) is 38.3 Å². The van der Waals surface area contributed by atoms with Gasteiger partial charge in [-0.2, -0.15) is 15.0 Å². The number of halogens is 1. The minimum absolute atomic E-state index is 0.0652. The number of hydrogen-bond acceptors (Lipinski definition) is 5. The fraction of sp³-hybridized carbons (Fsp3) is 0.700. The fourth-order valence-corrected chi connectivity index (χ4v) is 2.16. The molecule has 0 amide bonds. The zero-order valence-electron chi connectivity index (χ0n) is 9.70. The minimum atomic E-state index is 0.0652. The molecule has 1 fully saturated rings. The van der Waals surface area contributed by atoms with E-state index in [0.717, 1.165) is 19.4 Å². The summed E-state index contributed by atoms with van der Waals surface area (Å²) in [4.78, 5) is 14.4. The fourth-order valence-electron chi connectivity index (χ4n) is 2.01. The lowest BCUT2D eigenvalue weighted by Gasteiger charge is -2.31. The van der Waals surface area contributed by atoms with Gasteiger partial charge >= 0.3 is 6.01 Å². The third-order valence-electron chi connectivity index (χ3n) is 2.90. The molecule has 1 aromatic heterocycles. The van der Waals surface area contributed by atoms with Crippen molar-refractivity contribution in [3.8, 4) is 6.01 Å². The molecule has 0 bridgehead atoms. The Hall–Kier alpha value is -1.10. The van der Waals surface area contributed by atoms with Crippen LogP contribution >= 0.6 is 11.6 Å². The molecule has 88 valence electrons. The van der Waals surface area contributed by atoms with Gasteiger partial charge in [0.15, 0.2) is 0 Å². The number of aromatic nitrogens is 3. The average molecular weight is 243 g/mol. The van der Waals surface area contributed by atoms with Crippen molar-refractivity contribution >= 4 is 17.5 Å². The van der Waals surface area contributed by atoms with Crippen LogP contribution in [0.1, 0.15) is 26.7 Å². The SMILES string of the molecule is COc1nc(Cl)nc(N2CCCC2(C)C)n1. The number of hydrogen-bond donors (Lipinski definition) is 0. The van der Waals surface area contributed by atoms with Crippen molar-refractivity contribution in [2.24, 2.45) is 0 Å². The molecule has 2 rings (SSSR count). The van der Waals surface area contributed by atoms with Gasteiger partial charge in [-0.15, -0.1) is 0 Å². The molecule has 0 spiro atoms. The van der Waals surface area contributed by atoms with E-state index in [1.807, 2.05) is 0 Å². The first-order valence-corrected chi connectivity index (χ1v) is 5.64. The van der Waals surface area contributed by atoms with Crippen LogP contribution < -0.4 is 9.64 Å². The smallest absolute Gasteiger partial charge is 0.322 e. The van der Waals surface area contributed by atoms with E-state index in [9.17, 15) is 0 Å². The van der Waals surface area contributed by atoms with Crippen molar-refractivity contribution in [1.29, 1.82) is 0 Å². The number of nitrogens with zero attached hydrogens (tertiary/aromatic N) is 4. The maximum Gasteiger partial charge on any atom is 0.322 e. The number of ether oxygens (including phenoxy) is 1. The molecule has 6 heteroatoms. The predicted octanol–water partition coefficient (Wildman–Crippen LogP) is 1.91. The molecule has 1 aliphatic heterocycles. The van der Waals surface area contributed by atoms with Gasteiger partial charge in [0.1, 0.15) is 0 Å². The van der Waals surface area contributed by atoms with E-state index in [1.54, 1.807) is 0 Å². The predicted molar refractivity (Wildman–Crippen MR) is 62.0 cm³/mol. The zero-order valence-corrected chi connectivity index (χ0v) is 10.5. The number of anilines is 1. The highest BCUT2D eigenvalue weighted by Gasteiger charge is 2.34. The summed E-state index contributed by atoms with van der Waals surface area (Å²) in [5.41, 5.74) is 0.0652. The lowest BCUT2D eigenvalue weighted by Crippen LogP contribution is -2.39. The Balaban J connectivity index is 2.36. The highest BCUT2D eigenvalue weighted by atomic mass is 35.5. The van der Waals surface area contributed by atoms with E-state index in [-0.39, 0.29) is 16.8 Å². The maximum absolute atomic E-state index is 5.83. The van der Waals surface area contributed by atoms with Gasteiger partial charge < -0.3 is 9.64 Å². The van der Waals surface area contributed by atoms with Crippen LogP contribution in [0.3, 0.4) is 0 Å². The summed E-state index contributed by atoms with van der Waals surface area (Å²) >= 11 is 5.83. The molecule has 0 radical (unpaired) electrons. The van der Waals surface area contributed by atoms with Gasteiger partial charge in [0.25, 0.3) is 0 Å². The lowest BCUT2D eigenvalue weighted by molar-refractivity contribution is 0.376. The highest BCUT2D eigenvalue weighted by Crippen LogP contribution is 2.32. The third-order valence-corrected chi connectivity index (χ3v) is 3.07. The van der Waals surface area contributed by atoms with Crippen molar-refractivity contribution in [2.45, 2.75) is 32.2 Å². The average Bonchev–Trinajstić information content (AvgIpc) is 2.57. The molecule has 0 saturated carbocycles. The summed E-state index contributed by atoms with van der Waals surface area (Å²) in [6.45, 7) is 5.28. The van der Waals surface area contributed by atoms with Crippen molar-refractivity contribution < 1.29 is 4.74 Å². The van der Waals surface area contributed by atoms with Gasteiger partial charge in [0, 0.05) is 12.1 Å². The van der Waals surface area contributed by atoms with Crippen LogP contribution in [0, 0.1) is 0 Å². The molecule has 1 aromatic rings. The first-order chi connectivity index (χ1) is 7.53. The van der Waals surface area contributed by atoms with Crippen LogP contribution in [0.2, 0.25) is 5.28 Å². The molecule has 1 aliphatic rings. The van der Waals surface area contributed by atoms with E-state index in [2.05, 4.69) is 33.7 Å². The Labute approximate surface area is 99.8 Å².